The molecule has 1 saturated carbocycles. The van der Waals surface area contributed by atoms with E-state index >= 15 is 0 Å². The van der Waals surface area contributed by atoms with E-state index in [-0.39, 0.29) is 29.8 Å². The number of aromatic amines is 1. The highest BCUT2D eigenvalue weighted by Crippen LogP contribution is 2.25. The number of fused-ring (bicyclic) bond motifs is 1. The lowest BCUT2D eigenvalue weighted by Crippen LogP contribution is -2.53. The number of hydrogen-bond acceptors (Lipinski definition) is 4. The van der Waals surface area contributed by atoms with Crippen molar-refractivity contribution in [3.8, 4) is 0 Å². The Kier molecular flexibility index (Phi) is 8.00. The average Bonchev–Trinajstić information content (AvgIpc) is 3.58. The van der Waals surface area contributed by atoms with E-state index in [1.165, 1.54) is 0 Å². The first-order valence-corrected chi connectivity index (χ1v) is 13.7. The average molecular weight is 536 g/mol. The van der Waals surface area contributed by atoms with Crippen LogP contribution in [0.4, 0.5) is 5.69 Å². The maximum atomic E-state index is 13.1. The molecule has 0 unspecified atom stereocenters. The highest BCUT2D eigenvalue weighted by Gasteiger charge is 2.29. The molecule has 9 heteroatoms. The summed E-state index contributed by atoms with van der Waals surface area (Å²) in [6, 6.07) is 12.2. The molecular formula is C29H34ClN5O3. The lowest BCUT2D eigenvalue weighted by molar-refractivity contribution is -0.119. The van der Waals surface area contributed by atoms with Gasteiger partial charge in [-0.3, -0.25) is 19.3 Å². The summed E-state index contributed by atoms with van der Waals surface area (Å²) in [5.41, 5.74) is 2.64. The maximum absolute atomic E-state index is 13.1. The second kappa shape index (κ2) is 11.6. The van der Waals surface area contributed by atoms with Crippen molar-refractivity contribution in [2.75, 3.05) is 31.6 Å². The van der Waals surface area contributed by atoms with Gasteiger partial charge in [-0.25, -0.2) is 0 Å². The number of anilines is 1. The van der Waals surface area contributed by atoms with Gasteiger partial charge in [0.25, 0.3) is 11.8 Å². The maximum Gasteiger partial charge on any atom is 0.251 e. The van der Waals surface area contributed by atoms with E-state index in [1.807, 2.05) is 6.07 Å². The van der Waals surface area contributed by atoms with Crippen LogP contribution >= 0.6 is 11.6 Å². The van der Waals surface area contributed by atoms with Gasteiger partial charge in [-0.15, -0.1) is 0 Å². The fourth-order valence-electron chi connectivity index (χ4n) is 5.43. The monoisotopic (exact) mass is 535 g/mol. The van der Waals surface area contributed by atoms with Crippen molar-refractivity contribution in [3.05, 3.63) is 64.8 Å². The summed E-state index contributed by atoms with van der Waals surface area (Å²) in [5, 5.41) is 7.76. The SMILES string of the molecule is CN(C(=O)CN1CCCC1)c1ccc(C(=O)N[C@@H]2CCCC[C@@H]2NC(=O)c2ccc3c(Cl)c[nH]c3c2)cc1. The van der Waals surface area contributed by atoms with Crippen LogP contribution in [-0.2, 0) is 4.79 Å². The molecule has 2 fully saturated rings. The quantitative estimate of drug-likeness (QED) is 0.419. The van der Waals surface area contributed by atoms with Crippen LogP contribution in [0.15, 0.2) is 48.7 Å². The third-order valence-corrected chi connectivity index (χ3v) is 8.05. The molecule has 1 aliphatic heterocycles. The number of likely N-dealkylation sites (tertiary alicyclic amines) is 1. The first-order chi connectivity index (χ1) is 18.4. The van der Waals surface area contributed by atoms with Gasteiger partial charge in [0.05, 0.1) is 11.6 Å². The third-order valence-electron chi connectivity index (χ3n) is 7.74. The molecule has 2 atom stereocenters. The standard InChI is InChI=1S/C29H34ClN5O3/c1-34(27(36)18-35-14-4-5-15-35)21-11-8-19(9-12-21)28(37)32-24-6-2-3-7-25(24)33-29(38)20-10-13-22-23(30)17-31-26(22)16-20/h8-13,16-17,24-25,31H,2-7,14-15,18H2,1H3,(H,32,37)(H,33,38)/t24-,25+/m1/s1. The molecule has 3 N–H and O–H groups in total. The minimum Gasteiger partial charge on any atom is -0.360 e. The summed E-state index contributed by atoms with van der Waals surface area (Å²) in [4.78, 5) is 45.6. The number of likely N-dealkylation sites (N-methyl/N-ethyl adjacent to an activating group) is 1. The molecule has 1 saturated heterocycles. The number of carbonyl (C=O) groups excluding carboxylic acids is 3. The van der Waals surface area contributed by atoms with Crippen molar-refractivity contribution in [2.45, 2.75) is 50.6 Å². The lowest BCUT2D eigenvalue weighted by atomic mass is 9.89. The van der Waals surface area contributed by atoms with Gasteiger partial charge < -0.3 is 20.5 Å². The number of amides is 3. The summed E-state index contributed by atoms with van der Waals surface area (Å²) in [6.07, 6.45) is 7.58. The Morgan fingerprint density at radius 3 is 2.18 bits per heavy atom. The number of hydrogen-bond donors (Lipinski definition) is 3. The van der Waals surface area contributed by atoms with E-state index in [9.17, 15) is 14.4 Å². The Bertz CT molecular complexity index is 1320. The molecular weight excluding hydrogens is 502 g/mol. The molecule has 2 heterocycles. The number of rotatable bonds is 7. The van der Waals surface area contributed by atoms with Crippen molar-refractivity contribution < 1.29 is 14.4 Å². The Labute approximate surface area is 227 Å². The largest absolute Gasteiger partial charge is 0.360 e. The molecule has 0 spiro atoms. The van der Waals surface area contributed by atoms with E-state index in [1.54, 1.807) is 54.5 Å². The smallest absolute Gasteiger partial charge is 0.251 e. The zero-order valence-corrected chi connectivity index (χ0v) is 22.4. The zero-order chi connectivity index (χ0) is 26.6. The Morgan fingerprint density at radius 2 is 1.53 bits per heavy atom. The second-order valence-electron chi connectivity index (χ2n) is 10.3. The van der Waals surface area contributed by atoms with Crippen molar-refractivity contribution in [2.24, 2.45) is 0 Å². The van der Waals surface area contributed by atoms with Crippen molar-refractivity contribution in [3.63, 3.8) is 0 Å². The normalized spacial score (nSPS) is 19.8. The predicted octanol–water partition coefficient (Wildman–Crippen LogP) is 4.35. The molecule has 1 aromatic heterocycles. The van der Waals surface area contributed by atoms with Crippen LogP contribution in [0.2, 0.25) is 5.02 Å². The molecule has 200 valence electrons. The van der Waals surface area contributed by atoms with Crippen LogP contribution in [0, 0.1) is 0 Å². The van der Waals surface area contributed by atoms with E-state index in [0.717, 1.165) is 68.2 Å². The number of aromatic nitrogens is 1. The highest BCUT2D eigenvalue weighted by atomic mass is 35.5. The van der Waals surface area contributed by atoms with E-state index < -0.39 is 0 Å². The summed E-state index contributed by atoms with van der Waals surface area (Å²) in [7, 11) is 1.77. The number of nitrogens with zero attached hydrogens (tertiary/aromatic N) is 2. The molecule has 2 aromatic carbocycles. The van der Waals surface area contributed by atoms with E-state index in [0.29, 0.717) is 22.7 Å². The number of carbonyl (C=O) groups is 3. The van der Waals surface area contributed by atoms with E-state index in [2.05, 4.69) is 20.5 Å². The van der Waals surface area contributed by atoms with Crippen LogP contribution in [0.5, 0.6) is 0 Å². The van der Waals surface area contributed by atoms with Gasteiger partial charge in [-0.05, 0) is 75.2 Å². The van der Waals surface area contributed by atoms with Gasteiger partial charge in [0.15, 0.2) is 0 Å². The summed E-state index contributed by atoms with van der Waals surface area (Å²) >= 11 is 6.16. The van der Waals surface area contributed by atoms with Gasteiger partial charge in [0, 0.05) is 53.0 Å². The minimum absolute atomic E-state index is 0.0448. The molecule has 0 radical (unpaired) electrons. The van der Waals surface area contributed by atoms with Crippen LogP contribution in [0.1, 0.15) is 59.2 Å². The molecule has 3 aromatic rings. The van der Waals surface area contributed by atoms with Gasteiger partial charge in [0.2, 0.25) is 5.91 Å². The fourth-order valence-corrected chi connectivity index (χ4v) is 5.65. The number of benzene rings is 2. The predicted molar refractivity (Wildman–Crippen MR) is 150 cm³/mol. The molecule has 1 aliphatic carbocycles. The topological polar surface area (TPSA) is 97.5 Å². The van der Waals surface area contributed by atoms with E-state index in [4.69, 9.17) is 11.6 Å². The number of nitrogens with one attached hydrogen (secondary N) is 3. The molecule has 3 amide bonds. The Hall–Kier alpha value is -3.36. The molecule has 8 nitrogen and oxygen atoms in total. The van der Waals surface area contributed by atoms with Crippen LogP contribution in [0.3, 0.4) is 0 Å². The van der Waals surface area contributed by atoms with Gasteiger partial charge in [-0.2, -0.15) is 0 Å². The summed E-state index contributed by atoms with van der Waals surface area (Å²) < 4.78 is 0. The Balaban J connectivity index is 1.19. The van der Waals surface area contributed by atoms with Crippen LogP contribution in [0.25, 0.3) is 10.9 Å². The van der Waals surface area contributed by atoms with Gasteiger partial charge >= 0.3 is 0 Å². The van der Waals surface area contributed by atoms with Crippen molar-refractivity contribution in [1.82, 2.24) is 20.5 Å². The molecule has 0 bridgehead atoms. The number of H-pyrrole nitrogens is 1. The van der Waals surface area contributed by atoms with Crippen LogP contribution < -0.4 is 15.5 Å². The first-order valence-electron chi connectivity index (χ1n) is 13.4. The summed E-state index contributed by atoms with van der Waals surface area (Å²) in [6.45, 7) is 2.36. The fraction of sp³-hybridized carbons (Fsp3) is 0.414. The van der Waals surface area contributed by atoms with Crippen molar-refractivity contribution >= 4 is 45.9 Å². The van der Waals surface area contributed by atoms with Gasteiger partial charge in [-0.1, -0.05) is 30.5 Å². The molecule has 2 aliphatic rings. The minimum atomic E-state index is -0.184. The second-order valence-corrected chi connectivity index (χ2v) is 10.7. The first kappa shape index (κ1) is 26.3. The number of halogens is 1. The van der Waals surface area contributed by atoms with Gasteiger partial charge in [0.1, 0.15) is 0 Å². The Morgan fingerprint density at radius 1 is 0.921 bits per heavy atom. The molecule has 38 heavy (non-hydrogen) atoms. The third kappa shape index (κ3) is 5.87. The highest BCUT2D eigenvalue weighted by molar-refractivity contribution is 6.35. The van der Waals surface area contributed by atoms with Crippen LogP contribution in [-0.4, -0.2) is 66.4 Å². The lowest BCUT2D eigenvalue weighted by Gasteiger charge is -2.33. The van der Waals surface area contributed by atoms with Crippen molar-refractivity contribution in [1.29, 1.82) is 0 Å². The summed E-state index contributed by atoms with van der Waals surface area (Å²) in [5.74, 6) is -0.311. The zero-order valence-electron chi connectivity index (χ0n) is 21.6. The molecule has 5 rings (SSSR count).